The fourth-order valence-electron chi connectivity index (χ4n) is 4.57. The summed E-state index contributed by atoms with van der Waals surface area (Å²) in [5.74, 6) is -0.189. The third kappa shape index (κ3) is 5.04. The van der Waals surface area contributed by atoms with E-state index in [4.69, 9.17) is 0 Å². The van der Waals surface area contributed by atoms with Gasteiger partial charge < -0.3 is 10.4 Å². The maximum absolute atomic E-state index is 12.8. The van der Waals surface area contributed by atoms with Gasteiger partial charge in [-0.3, -0.25) is 9.69 Å². The van der Waals surface area contributed by atoms with E-state index in [0.29, 0.717) is 6.54 Å². The minimum atomic E-state index is -0.351. The molecule has 31 heavy (non-hydrogen) atoms. The minimum Gasteiger partial charge on any atom is -0.392 e. The molecule has 0 aromatic heterocycles. The normalized spacial score (nSPS) is 18.5. The van der Waals surface area contributed by atoms with E-state index >= 15 is 0 Å². The Hall–Kier alpha value is -2.95. The SMILES string of the molecule is CNC(=O)C(c1ccccc1)c1cccc([C@@H](CN2CC[C@H](O)C2)c2ccccc2)c1. The van der Waals surface area contributed by atoms with Crippen molar-refractivity contribution < 1.29 is 9.90 Å². The predicted octanol–water partition coefficient (Wildman–Crippen LogP) is 3.76. The molecule has 3 aromatic rings. The van der Waals surface area contributed by atoms with Gasteiger partial charge in [-0.15, -0.1) is 0 Å². The van der Waals surface area contributed by atoms with Gasteiger partial charge in [-0.1, -0.05) is 84.9 Å². The van der Waals surface area contributed by atoms with Crippen molar-refractivity contribution >= 4 is 5.91 Å². The van der Waals surface area contributed by atoms with Crippen molar-refractivity contribution in [3.05, 3.63) is 107 Å². The zero-order valence-electron chi connectivity index (χ0n) is 17.9. The molecular formula is C27H30N2O2. The van der Waals surface area contributed by atoms with Gasteiger partial charge in [0.1, 0.15) is 0 Å². The zero-order valence-corrected chi connectivity index (χ0v) is 17.9. The molecule has 3 aromatic carbocycles. The van der Waals surface area contributed by atoms with Crippen LogP contribution in [0.3, 0.4) is 0 Å². The van der Waals surface area contributed by atoms with E-state index in [2.05, 4.69) is 52.7 Å². The summed E-state index contributed by atoms with van der Waals surface area (Å²) in [5, 5.41) is 12.8. The molecule has 1 amide bonds. The van der Waals surface area contributed by atoms with E-state index in [1.807, 2.05) is 42.5 Å². The van der Waals surface area contributed by atoms with Crippen LogP contribution in [0.15, 0.2) is 84.9 Å². The lowest BCUT2D eigenvalue weighted by Crippen LogP contribution is -2.28. The van der Waals surface area contributed by atoms with Gasteiger partial charge in [-0.2, -0.15) is 0 Å². The molecule has 0 spiro atoms. The highest BCUT2D eigenvalue weighted by Crippen LogP contribution is 2.31. The molecular weight excluding hydrogens is 384 g/mol. The number of carbonyl (C=O) groups is 1. The van der Waals surface area contributed by atoms with Crippen LogP contribution in [0, 0.1) is 0 Å². The van der Waals surface area contributed by atoms with Gasteiger partial charge >= 0.3 is 0 Å². The van der Waals surface area contributed by atoms with Crippen LogP contribution in [0.4, 0.5) is 0 Å². The van der Waals surface area contributed by atoms with E-state index in [-0.39, 0.29) is 23.8 Å². The fraction of sp³-hybridized carbons (Fsp3) is 0.296. The van der Waals surface area contributed by atoms with Crippen LogP contribution in [0.25, 0.3) is 0 Å². The molecule has 1 aliphatic rings. The molecule has 0 radical (unpaired) electrons. The number of amides is 1. The highest BCUT2D eigenvalue weighted by Gasteiger charge is 2.26. The van der Waals surface area contributed by atoms with E-state index < -0.39 is 0 Å². The summed E-state index contributed by atoms with van der Waals surface area (Å²) in [6, 6.07) is 28.9. The summed E-state index contributed by atoms with van der Waals surface area (Å²) in [4.78, 5) is 15.2. The van der Waals surface area contributed by atoms with Crippen LogP contribution >= 0.6 is 0 Å². The highest BCUT2D eigenvalue weighted by atomic mass is 16.3. The molecule has 2 N–H and O–H groups in total. The Kier molecular flexibility index (Phi) is 6.80. The molecule has 4 rings (SSSR count). The molecule has 4 heteroatoms. The van der Waals surface area contributed by atoms with Crippen molar-refractivity contribution in [1.29, 1.82) is 0 Å². The van der Waals surface area contributed by atoms with E-state index in [0.717, 1.165) is 30.6 Å². The van der Waals surface area contributed by atoms with Crippen LogP contribution in [-0.4, -0.2) is 48.7 Å². The summed E-state index contributed by atoms with van der Waals surface area (Å²) in [6.07, 6.45) is 0.590. The standard InChI is InChI=1S/C27H30N2O2/c1-28-27(31)26(21-11-6-3-7-12-21)23-14-8-13-22(17-23)25(20-9-4-2-5-10-20)19-29-16-15-24(30)18-29/h2-14,17,24-26,30H,15-16,18-19H2,1H3,(H,28,31)/t24-,25-,26?/m0/s1. The number of aliphatic hydroxyl groups is 1. The molecule has 1 heterocycles. The second kappa shape index (κ2) is 9.90. The molecule has 3 atom stereocenters. The van der Waals surface area contributed by atoms with Gasteiger partial charge in [0, 0.05) is 32.6 Å². The number of carbonyl (C=O) groups excluding carboxylic acids is 1. The Morgan fingerprint density at radius 1 is 0.935 bits per heavy atom. The molecule has 1 aliphatic heterocycles. The second-order valence-corrected chi connectivity index (χ2v) is 8.29. The van der Waals surface area contributed by atoms with Gasteiger partial charge in [0.05, 0.1) is 12.0 Å². The number of rotatable bonds is 7. The van der Waals surface area contributed by atoms with Gasteiger partial charge in [0.25, 0.3) is 0 Å². The Labute approximate surface area is 184 Å². The Bertz CT molecular complexity index is 990. The number of benzene rings is 3. The Balaban J connectivity index is 1.71. The van der Waals surface area contributed by atoms with E-state index in [1.54, 1.807) is 7.05 Å². The maximum atomic E-state index is 12.8. The topological polar surface area (TPSA) is 52.6 Å². The monoisotopic (exact) mass is 414 g/mol. The van der Waals surface area contributed by atoms with Gasteiger partial charge in [-0.05, 0) is 28.7 Å². The lowest BCUT2D eigenvalue weighted by molar-refractivity contribution is -0.121. The number of aliphatic hydroxyl groups excluding tert-OH is 1. The zero-order chi connectivity index (χ0) is 21.6. The van der Waals surface area contributed by atoms with E-state index in [9.17, 15) is 9.90 Å². The molecule has 160 valence electrons. The Morgan fingerprint density at radius 2 is 1.55 bits per heavy atom. The lowest BCUT2D eigenvalue weighted by atomic mass is 9.85. The van der Waals surface area contributed by atoms with Crippen molar-refractivity contribution in [2.75, 3.05) is 26.7 Å². The van der Waals surface area contributed by atoms with Gasteiger partial charge in [0.15, 0.2) is 0 Å². The van der Waals surface area contributed by atoms with Crippen molar-refractivity contribution in [2.45, 2.75) is 24.4 Å². The lowest BCUT2D eigenvalue weighted by Gasteiger charge is -2.26. The highest BCUT2D eigenvalue weighted by molar-refractivity contribution is 5.87. The molecule has 1 fully saturated rings. The van der Waals surface area contributed by atoms with Crippen molar-refractivity contribution in [2.24, 2.45) is 0 Å². The van der Waals surface area contributed by atoms with Crippen LogP contribution in [0.2, 0.25) is 0 Å². The minimum absolute atomic E-state index is 0.0118. The first-order valence-electron chi connectivity index (χ1n) is 11.0. The summed E-state index contributed by atoms with van der Waals surface area (Å²) in [7, 11) is 1.69. The predicted molar refractivity (Wildman–Crippen MR) is 124 cm³/mol. The summed E-state index contributed by atoms with van der Waals surface area (Å²) in [6.45, 7) is 2.48. The number of hydrogen-bond acceptors (Lipinski definition) is 3. The number of nitrogens with zero attached hydrogens (tertiary/aromatic N) is 1. The number of nitrogens with one attached hydrogen (secondary N) is 1. The molecule has 0 saturated carbocycles. The summed E-state index contributed by atoms with van der Waals surface area (Å²) >= 11 is 0. The first kappa shape index (κ1) is 21.3. The first-order chi connectivity index (χ1) is 15.2. The van der Waals surface area contributed by atoms with Crippen LogP contribution in [0.5, 0.6) is 0 Å². The second-order valence-electron chi connectivity index (χ2n) is 8.29. The maximum Gasteiger partial charge on any atom is 0.231 e. The molecule has 1 saturated heterocycles. The van der Waals surface area contributed by atoms with Crippen LogP contribution in [0.1, 0.15) is 40.5 Å². The fourth-order valence-corrected chi connectivity index (χ4v) is 4.57. The number of likely N-dealkylation sites (tertiary alicyclic amines) is 1. The summed E-state index contributed by atoms with van der Waals surface area (Å²) < 4.78 is 0. The molecule has 1 unspecified atom stereocenters. The average Bonchev–Trinajstić information content (AvgIpc) is 3.23. The third-order valence-electron chi connectivity index (χ3n) is 6.18. The van der Waals surface area contributed by atoms with Gasteiger partial charge in [0.2, 0.25) is 5.91 Å². The summed E-state index contributed by atoms with van der Waals surface area (Å²) in [5.41, 5.74) is 4.41. The first-order valence-corrected chi connectivity index (χ1v) is 11.0. The third-order valence-corrected chi connectivity index (χ3v) is 6.18. The quantitative estimate of drug-likeness (QED) is 0.619. The molecule has 0 bridgehead atoms. The van der Waals surface area contributed by atoms with Crippen molar-refractivity contribution in [1.82, 2.24) is 10.2 Å². The average molecular weight is 415 g/mol. The molecule has 4 nitrogen and oxygen atoms in total. The smallest absolute Gasteiger partial charge is 0.231 e. The largest absolute Gasteiger partial charge is 0.392 e. The molecule has 0 aliphatic carbocycles. The van der Waals surface area contributed by atoms with Gasteiger partial charge in [-0.25, -0.2) is 0 Å². The van der Waals surface area contributed by atoms with E-state index in [1.165, 1.54) is 11.1 Å². The Morgan fingerprint density at radius 3 is 2.16 bits per heavy atom. The van der Waals surface area contributed by atoms with Crippen molar-refractivity contribution in [3.63, 3.8) is 0 Å². The number of β-amino-alcohol motifs (C(OH)–C–C–N with tert-alkyl or cyclic N) is 1. The van der Waals surface area contributed by atoms with Crippen molar-refractivity contribution in [3.8, 4) is 0 Å². The number of hydrogen-bond donors (Lipinski definition) is 2. The van der Waals surface area contributed by atoms with Crippen LogP contribution in [-0.2, 0) is 4.79 Å². The van der Waals surface area contributed by atoms with Crippen LogP contribution < -0.4 is 5.32 Å². The number of likely N-dealkylation sites (N-methyl/N-ethyl adjacent to an activating group) is 1.